The summed E-state index contributed by atoms with van der Waals surface area (Å²) in [5.74, 6) is 1.95. The van der Waals surface area contributed by atoms with Crippen LogP contribution in [0.15, 0.2) is 99.8 Å². The molecule has 0 radical (unpaired) electrons. The van der Waals surface area contributed by atoms with E-state index in [4.69, 9.17) is 31.2 Å². The lowest BCUT2D eigenvalue weighted by Gasteiger charge is -2.29. The molecule has 1 aromatic heterocycles. The third-order valence-electron chi connectivity index (χ3n) is 8.32. The van der Waals surface area contributed by atoms with E-state index in [1.165, 1.54) is 17.3 Å². The van der Waals surface area contributed by atoms with E-state index in [9.17, 15) is 4.79 Å². The van der Waals surface area contributed by atoms with E-state index in [1.807, 2.05) is 87.5 Å². The van der Waals surface area contributed by atoms with Crippen molar-refractivity contribution in [2.75, 3.05) is 17.7 Å². The summed E-state index contributed by atoms with van der Waals surface area (Å²) in [6.45, 7) is 8.32. The van der Waals surface area contributed by atoms with Crippen LogP contribution in [0.2, 0.25) is 5.02 Å². The summed E-state index contributed by atoms with van der Waals surface area (Å²) in [5.41, 5.74) is 7.98. The molecule has 2 heterocycles. The van der Waals surface area contributed by atoms with Gasteiger partial charge < -0.3 is 20.1 Å². The molecule has 8 nitrogen and oxygen atoms in total. The molecule has 1 aliphatic rings. The van der Waals surface area contributed by atoms with E-state index in [-0.39, 0.29) is 5.91 Å². The lowest BCUT2D eigenvalue weighted by Crippen LogP contribution is -2.31. The number of nitrogens with one attached hydrogen (secondary N) is 2. The number of aromatic nitrogens is 3. The van der Waals surface area contributed by atoms with E-state index in [0.29, 0.717) is 55.7 Å². The Morgan fingerprint density at radius 3 is 2.56 bits per heavy atom. The minimum absolute atomic E-state index is 0.250. The lowest BCUT2D eigenvalue weighted by atomic mass is 9.94. The minimum atomic E-state index is -0.634. The highest BCUT2D eigenvalue weighted by Gasteiger charge is 2.35. The van der Waals surface area contributed by atoms with E-state index in [0.717, 1.165) is 33.5 Å². The third-order valence-corrected chi connectivity index (χ3v) is 10.2. The Hall–Kier alpha value is -4.25. The maximum Gasteiger partial charge on any atom is 0.255 e. The van der Waals surface area contributed by atoms with Gasteiger partial charge in [0.25, 0.3) is 5.91 Å². The van der Waals surface area contributed by atoms with Gasteiger partial charge in [0.1, 0.15) is 12.6 Å². The van der Waals surface area contributed by atoms with E-state index < -0.39 is 6.04 Å². The Bertz CT molecular complexity index is 2030. The molecule has 1 aliphatic heterocycles. The molecular weight excluding hydrogens is 710 g/mol. The average molecular weight is 745 g/mol. The number of thioether (sulfide) groups is 1. The van der Waals surface area contributed by atoms with Gasteiger partial charge in [-0.15, -0.1) is 5.10 Å². The third kappa shape index (κ3) is 7.11. The molecule has 0 fully saturated rings. The molecule has 5 aromatic rings. The zero-order chi connectivity index (χ0) is 33.9. The van der Waals surface area contributed by atoms with Crippen molar-refractivity contribution in [3.8, 4) is 11.5 Å². The number of ether oxygens (including phenoxy) is 2. The first-order valence-electron chi connectivity index (χ1n) is 15.4. The summed E-state index contributed by atoms with van der Waals surface area (Å²) in [7, 11) is 1.60. The highest BCUT2D eigenvalue weighted by Crippen LogP contribution is 2.44. The number of anilines is 2. The average Bonchev–Trinajstić information content (AvgIpc) is 3.48. The van der Waals surface area contributed by atoms with E-state index in [2.05, 4.69) is 45.6 Å². The molecule has 6 rings (SSSR count). The fourth-order valence-electron chi connectivity index (χ4n) is 5.51. The second-order valence-corrected chi connectivity index (χ2v) is 13.8. The number of hydrogen-bond donors (Lipinski definition) is 2. The van der Waals surface area contributed by atoms with Gasteiger partial charge in [-0.25, -0.2) is 4.68 Å². The van der Waals surface area contributed by atoms with Crippen molar-refractivity contribution in [1.29, 1.82) is 0 Å². The fourth-order valence-corrected chi connectivity index (χ4v) is 7.20. The fraction of sp³-hybridized carbons (Fsp3) is 0.216. The van der Waals surface area contributed by atoms with Gasteiger partial charge in [-0.05, 0) is 95.7 Å². The summed E-state index contributed by atoms with van der Waals surface area (Å²) in [5, 5.41) is 12.6. The van der Waals surface area contributed by atoms with E-state index >= 15 is 0 Å². The topological polar surface area (TPSA) is 90.3 Å². The lowest BCUT2D eigenvalue weighted by molar-refractivity contribution is -0.113. The number of amides is 1. The molecule has 4 aromatic carbocycles. The molecular formula is C37H35BrClN5O3S. The van der Waals surface area contributed by atoms with Crippen molar-refractivity contribution < 1.29 is 14.3 Å². The van der Waals surface area contributed by atoms with Crippen LogP contribution in [0.25, 0.3) is 0 Å². The quantitative estimate of drug-likeness (QED) is 0.138. The van der Waals surface area contributed by atoms with Crippen molar-refractivity contribution in [2.24, 2.45) is 0 Å². The Labute approximate surface area is 298 Å². The van der Waals surface area contributed by atoms with Crippen LogP contribution in [0.1, 0.15) is 46.3 Å². The molecule has 11 heteroatoms. The van der Waals surface area contributed by atoms with Crippen LogP contribution in [0, 0.1) is 20.8 Å². The maximum absolute atomic E-state index is 14.2. The SMILES string of the molecule is COc1cc(C2C(C(=O)Nc3cccc(C)c3C)=C(C)Nc3nc(SCc4ccccc4Cl)nn32)cc(Br)c1OCc1ccc(C)cc1. The number of methoxy groups -OCH3 is 1. The summed E-state index contributed by atoms with van der Waals surface area (Å²) in [4.78, 5) is 19.0. The smallest absolute Gasteiger partial charge is 0.255 e. The Balaban J connectivity index is 1.38. The Kier molecular flexibility index (Phi) is 10.1. The molecule has 2 N–H and O–H groups in total. The molecule has 0 saturated heterocycles. The molecule has 0 saturated carbocycles. The predicted octanol–water partition coefficient (Wildman–Crippen LogP) is 9.43. The zero-order valence-corrected chi connectivity index (χ0v) is 30.4. The van der Waals surface area contributed by atoms with Gasteiger partial charge in [0.2, 0.25) is 11.1 Å². The van der Waals surface area contributed by atoms with Crippen molar-refractivity contribution in [3.05, 3.63) is 133 Å². The molecule has 48 heavy (non-hydrogen) atoms. The number of allylic oxidation sites excluding steroid dienone is 1. The normalized spacial score (nSPS) is 13.9. The van der Waals surface area contributed by atoms with Crippen molar-refractivity contribution in [1.82, 2.24) is 14.8 Å². The summed E-state index contributed by atoms with van der Waals surface area (Å²) >= 11 is 11.6. The van der Waals surface area contributed by atoms with Crippen molar-refractivity contribution >= 4 is 56.8 Å². The van der Waals surface area contributed by atoms with Crippen LogP contribution in [-0.4, -0.2) is 27.8 Å². The summed E-state index contributed by atoms with van der Waals surface area (Å²) in [6.07, 6.45) is 0. The number of rotatable bonds is 10. The zero-order valence-electron chi connectivity index (χ0n) is 27.2. The first-order valence-corrected chi connectivity index (χ1v) is 17.5. The molecule has 0 bridgehead atoms. The van der Waals surface area contributed by atoms with Crippen molar-refractivity contribution in [3.63, 3.8) is 0 Å². The number of fused-ring (bicyclic) bond motifs is 1. The van der Waals surface area contributed by atoms with Gasteiger partial charge in [-0.1, -0.05) is 83.5 Å². The van der Waals surface area contributed by atoms with E-state index in [1.54, 1.807) is 11.8 Å². The van der Waals surface area contributed by atoms with Crippen LogP contribution in [0.3, 0.4) is 0 Å². The monoisotopic (exact) mass is 743 g/mol. The predicted molar refractivity (Wildman–Crippen MR) is 196 cm³/mol. The molecule has 0 spiro atoms. The largest absolute Gasteiger partial charge is 0.493 e. The van der Waals surface area contributed by atoms with Gasteiger partial charge in [0.05, 0.1) is 17.2 Å². The molecule has 1 atom stereocenters. The van der Waals surface area contributed by atoms with Gasteiger partial charge in [-0.3, -0.25) is 4.79 Å². The highest BCUT2D eigenvalue weighted by atomic mass is 79.9. The van der Waals surface area contributed by atoms with Gasteiger partial charge in [0, 0.05) is 22.2 Å². The maximum atomic E-state index is 14.2. The number of carbonyl (C=O) groups excluding carboxylic acids is 1. The van der Waals surface area contributed by atoms with Gasteiger partial charge in [-0.2, -0.15) is 4.98 Å². The van der Waals surface area contributed by atoms with Crippen molar-refractivity contribution in [2.45, 2.75) is 51.3 Å². The Morgan fingerprint density at radius 2 is 1.81 bits per heavy atom. The van der Waals surface area contributed by atoms with Crippen LogP contribution >= 0.6 is 39.3 Å². The van der Waals surface area contributed by atoms with Gasteiger partial charge >= 0.3 is 0 Å². The number of carbonyl (C=O) groups is 1. The highest BCUT2D eigenvalue weighted by molar-refractivity contribution is 9.10. The summed E-state index contributed by atoms with van der Waals surface area (Å²) < 4.78 is 14.6. The first-order chi connectivity index (χ1) is 23.1. The molecule has 0 aliphatic carbocycles. The van der Waals surface area contributed by atoms with Crippen LogP contribution in [0.5, 0.6) is 11.5 Å². The van der Waals surface area contributed by atoms with Crippen LogP contribution in [-0.2, 0) is 17.2 Å². The van der Waals surface area contributed by atoms with Crippen LogP contribution in [0.4, 0.5) is 11.6 Å². The number of hydrogen-bond acceptors (Lipinski definition) is 7. The first kappa shape index (κ1) is 33.6. The number of nitrogens with zero attached hydrogens (tertiary/aromatic N) is 3. The molecule has 246 valence electrons. The second-order valence-electron chi connectivity index (χ2n) is 11.6. The standard InChI is InChI=1S/C37H35BrClN5O3S/c1-21-13-15-25(16-14-21)19-47-34-28(38)17-27(18-31(34)46-5)33-32(35(45)41-30-12-8-9-22(2)23(30)3)24(4)40-36-42-37(43-44(33)36)48-20-26-10-6-7-11-29(26)39/h6-18,33H,19-20H2,1-5H3,(H,41,45)(H,40,42,43). The molecule has 1 unspecified atom stereocenters. The number of aryl methyl sites for hydroxylation is 2. The number of halogens is 2. The summed E-state index contributed by atoms with van der Waals surface area (Å²) in [6, 6.07) is 25.0. The minimum Gasteiger partial charge on any atom is -0.493 e. The molecule has 1 amide bonds. The van der Waals surface area contributed by atoms with Gasteiger partial charge in [0.15, 0.2) is 11.5 Å². The van der Waals surface area contributed by atoms with Crippen LogP contribution < -0.4 is 20.1 Å². The number of benzene rings is 4. The Morgan fingerprint density at radius 1 is 1.04 bits per heavy atom. The second kappa shape index (κ2) is 14.5.